The van der Waals surface area contributed by atoms with E-state index in [1.165, 1.54) is 12.3 Å². The average molecular weight is 312 g/mol. The van der Waals surface area contributed by atoms with Crippen LogP contribution >= 0.6 is 0 Å². The number of hydrogen-bond donors (Lipinski definition) is 2. The van der Waals surface area contributed by atoms with Crippen LogP contribution < -0.4 is 10.0 Å². The van der Waals surface area contributed by atoms with Crippen molar-refractivity contribution in [3.8, 4) is 0 Å². The van der Waals surface area contributed by atoms with Gasteiger partial charge in [0.2, 0.25) is 10.0 Å². The number of nitrogens with zero attached hydrogens (tertiary/aromatic N) is 2. The molecule has 118 valence electrons. The molecular formula is C14H24N4O2S. The Morgan fingerprint density at radius 3 is 2.95 bits per heavy atom. The van der Waals surface area contributed by atoms with Gasteiger partial charge in [-0.3, -0.25) is 4.90 Å². The third kappa shape index (κ3) is 4.15. The summed E-state index contributed by atoms with van der Waals surface area (Å²) in [4.78, 5) is 6.67. The lowest BCUT2D eigenvalue weighted by atomic mass is 10.2. The van der Waals surface area contributed by atoms with Gasteiger partial charge in [-0.05, 0) is 38.9 Å². The lowest BCUT2D eigenvalue weighted by molar-refractivity contribution is 0.268. The molecule has 0 aliphatic carbocycles. The normalized spacial score (nSPS) is 19.8. The molecule has 21 heavy (non-hydrogen) atoms. The van der Waals surface area contributed by atoms with E-state index in [0.29, 0.717) is 24.9 Å². The topological polar surface area (TPSA) is 74.3 Å². The van der Waals surface area contributed by atoms with E-state index in [-0.39, 0.29) is 4.90 Å². The standard InChI is InChI=1S/C14H24N4O2S/c1-3-15-14-10-13(7-8-16-14)21(19,20)17-11-12-6-5-9-18(12)4-2/h7-8,10,12,17H,3-6,9,11H2,1-2H3,(H,15,16). The molecule has 1 atom stereocenters. The zero-order valence-electron chi connectivity index (χ0n) is 12.7. The second-order valence-corrected chi connectivity index (χ2v) is 6.95. The first-order valence-electron chi connectivity index (χ1n) is 7.50. The van der Waals surface area contributed by atoms with Crippen molar-refractivity contribution in [2.24, 2.45) is 0 Å². The van der Waals surface area contributed by atoms with Gasteiger partial charge in [0.15, 0.2) is 0 Å². The minimum absolute atomic E-state index is 0.259. The Hall–Kier alpha value is -1.18. The van der Waals surface area contributed by atoms with Gasteiger partial charge in [0.05, 0.1) is 4.90 Å². The molecule has 2 rings (SSSR count). The van der Waals surface area contributed by atoms with E-state index < -0.39 is 10.0 Å². The van der Waals surface area contributed by atoms with Crippen molar-refractivity contribution in [3.63, 3.8) is 0 Å². The highest BCUT2D eigenvalue weighted by Crippen LogP contribution is 2.17. The van der Waals surface area contributed by atoms with Crippen LogP contribution in [0.5, 0.6) is 0 Å². The molecule has 1 aliphatic rings. The summed E-state index contributed by atoms with van der Waals surface area (Å²) in [5.41, 5.74) is 0. The van der Waals surface area contributed by atoms with Crippen LogP contribution in [-0.2, 0) is 10.0 Å². The number of hydrogen-bond acceptors (Lipinski definition) is 5. The molecule has 6 nitrogen and oxygen atoms in total. The van der Waals surface area contributed by atoms with E-state index >= 15 is 0 Å². The molecule has 1 saturated heterocycles. The number of likely N-dealkylation sites (tertiary alicyclic amines) is 1. The van der Waals surface area contributed by atoms with Crippen molar-refractivity contribution < 1.29 is 8.42 Å². The quantitative estimate of drug-likeness (QED) is 0.793. The highest BCUT2D eigenvalue weighted by atomic mass is 32.2. The van der Waals surface area contributed by atoms with E-state index in [0.717, 1.165) is 25.9 Å². The Morgan fingerprint density at radius 2 is 2.24 bits per heavy atom. The van der Waals surface area contributed by atoms with Crippen molar-refractivity contribution in [1.82, 2.24) is 14.6 Å². The Morgan fingerprint density at radius 1 is 1.43 bits per heavy atom. The van der Waals surface area contributed by atoms with E-state index in [4.69, 9.17) is 0 Å². The van der Waals surface area contributed by atoms with E-state index in [2.05, 4.69) is 26.8 Å². The lowest BCUT2D eigenvalue weighted by Crippen LogP contribution is -2.40. The number of aromatic nitrogens is 1. The molecule has 0 spiro atoms. The van der Waals surface area contributed by atoms with Crippen LogP contribution in [0.25, 0.3) is 0 Å². The molecule has 1 aromatic rings. The number of rotatable bonds is 7. The maximum absolute atomic E-state index is 12.4. The Balaban J connectivity index is 2.02. The van der Waals surface area contributed by atoms with E-state index in [1.807, 2.05) is 6.92 Å². The van der Waals surface area contributed by atoms with Crippen LogP contribution in [0.4, 0.5) is 5.82 Å². The van der Waals surface area contributed by atoms with Gasteiger partial charge >= 0.3 is 0 Å². The van der Waals surface area contributed by atoms with Crippen molar-refractivity contribution in [2.45, 2.75) is 37.6 Å². The maximum Gasteiger partial charge on any atom is 0.240 e. The maximum atomic E-state index is 12.4. The van der Waals surface area contributed by atoms with Gasteiger partial charge in [0.25, 0.3) is 0 Å². The zero-order valence-corrected chi connectivity index (χ0v) is 13.5. The number of sulfonamides is 1. The molecule has 1 aliphatic heterocycles. The first kappa shape index (κ1) is 16.2. The molecule has 1 unspecified atom stereocenters. The summed E-state index contributed by atoms with van der Waals surface area (Å²) in [6.07, 6.45) is 3.70. The van der Waals surface area contributed by atoms with Gasteiger partial charge in [-0.1, -0.05) is 6.92 Å². The molecule has 0 radical (unpaired) electrons. The average Bonchev–Trinajstić information content (AvgIpc) is 2.93. The molecule has 7 heteroatoms. The van der Waals surface area contributed by atoms with Crippen molar-refractivity contribution in [2.75, 3.05) is 31.5 Å². The summed E-state index contributed by atoms with van der Waals surface area (Å²) < 4.78 is 27.4. The van der Waals surface area contributed by atoms with Crippen LogP contribution in [0.2, 0.25) is 0 Å². The summed E-state index contributed by atoms with van der Waals surface area (Å²) in [5.74, 6) is 0.580. The number of pyridine rings is 1. The minimum Gasteiger partial charge on any atom is -0.370 e. The van der Waals surface area contributed by atoms with Gasteiger partial charge < -0.3 is 5.32 Å². The van der Waals surface area contributed by atoms with Gasteiger partial charge in [-0.2, -0.15) is 0 Å². The van der Waals surface area contributed by atoms with Crippen LogP contribution in [0.3, 0.4) is 0 Å². The van der Waals surface area contributed by atoms with Crippen LogP contribution in [0, 0.1) is 0 Å². The SMILES string of the molecule is CCNc1cc(S(=O)(=O)NCC2CCCN2CC)ccn1. The summed E-state index contributed by atoms with van der Waals surface area (Å²) in [6, 6.07) is 3.40. The summed E-state index contributed by atoms with van der Waals surface area (Å²) >= 11 is 0. The first-order valence-corrected chi connectivity index (χ1v) is 8.98. The van der Waals surface area contributed by atoms with Crippen molar-refractivity contribution in [3.05, 3.63) is 18.3 Å². The molecular weight excluding hydrogens is 288 g/mol. The molecule has 0 bridgehead atoms. The number of nitrogens with one attached hydrogen (secondary N) is 2. The highest BCUT2D eigenvalue weighted by Gasteiger charge is 2.25. The minimum atomic E-state index is -3.48. The Kier molecular flexibility index (Phi) is 5.55. The van der Waals surface area contributed by atoms with E-state index in [1.54, 1.807) is 6.07 Å². The van der Waals surface area contributed by atoms with Gasteiger partial charge in [0, 0.05) is 31.4 Å². The second kappa shape index (κ2) is 7.20. The summed E-state index contributed by atoms with van der Waals surface area (Å²) in [7, 11) is -3.48. The van der Waals surface area contributed by atoms with Gasteiger partial charge in [-0.15, -0.1) is 0 Å². The highest BCUT2D eigenvalue weighted by molar-refractivity contribution is 7.89. The van der Waals surface area contributed by atoms with E-state index in [9.17, 15) is 8.42 Å². The molecule has 0 aromatic carbocycles. The fraction of sp³-hybridized carbons (Fsp3) is 0.643. The lowest BCUT2D eigenvalue weighted by Gasteiger charge is -2.22. The molecule has 0 saturated carbocycles. The predicted octanol–water partition coefficient (Wildman–Crippen LogP) is 1.28. The second-order valence-electron chi connectivity index (χ2n) is 5.18. The first-order chi connectivity index (χ1) is 10.1. The van der Waals surface area contributed by atoms with Crippen molar-refractivity contribution in [1.29, 1.82) is 0 Å². The molecule has 2 N–H and O–H groups in total. The third-order valence-corrected chi connectivity index (χ3v) is 5.24. The third-order valence-electron chi connectivity index (χ3n) is 3.81. The van der Waals surface area contributed by atoms with Gasteiger partial charge in [-0.25, -0.2) is 18.1 Å². The van der Waals surface area contributed by atoms with Crippen molar-refractivity contribution >= 4 is 15.8 Å². The number of anilines is 1. The van der Waals surface area contributed by atoms with Crippen LogP contribution in [0.1, 0.15) is 26.7 Å². The monoisotopic (exact) mass is 312 g/mol. The zero-order chi connectivity index (χ0) is 15.3. The molecule has 1 aromatic heterocycles. The summed E-state index contributed by atoms with van der Waals surface area (Å²) in [6.45, 7) is 7.25. The van der Waals surface area contributed by atoms with Crippen LogP contribution in [-0.4, -0.2) is 50.5 Å². The smallest absolute Gasteiger partial charge is 0.240 e. The molecule has 1 fully saturated rings. The number of likely N-dealkylation sites (N-methyl/N-ethyl adjacent to an activating group) is 1. The predicted molar refractivity (Wildman–Crippen MR) is 83.9 cm³/mol. The largest absolute Gasteiger partial charge is 0.370 e. The fourth-order valence-electron chi connectivity index (χ4n) is 2.69. The van der Waals surface area contributed by atoms with Crippen LogP contribution in [0.15, 0.2) is 23.2 Å². The Bertz CT molecular complexity index is 562. The molecule has 0 amide bonds. The van der Waals surface area contributed by atoms with Gasteiger partial charge in [0.1, 0.15) is 5.82 Å². The molecule has 2 heterocycles. The fourth-order valence-corrected chi connectivity index (χ4v) is 3.77. The summed E-state index contributed by atoms with van der Waals surface area (Å²) in [5, 5.41) is 3.02. The Labute approximate surface area is 127 Å².